The molecule has 0 fully saturated rings. The smallest absolute Gasteiger partial charge is 0.337 e. The molecule has 33 heavy (non-hydrogen) atoms. The number of halogens is 2. The van der Waals surface area contributed by atoms with Crippen LogP contribution >= 0.6 is 0 Å². The molecule has 1 aliphatic rings. The molecule has 0 aliphatic carbocycles. The minimum Gasteiger partial charge on any atom is -0.462 e. The number of hydrogen-bond acceptors (Lipinski definition) is 6. The Labute approximate surface area is 191 Å². The summed E-state index contributed by atoms with van der Waals surface area (Å²) in [6.07, 6.45) is 1.57. The van der Waals surface area contributed by atoms with Crippen LogP contribution in [0.3, 0.4) is 0 Å². The van der Waals surface area contributed by atoms with Crippen LogP contribution in [0, 0.1) is 11.6 Å². The van der Waals surface area contributed by atoms with Crippen molar-refractivity contribution >= 4 is 11.9 Å². The Morgan fingerprint density at radius 2 is 1.73 bits per heavy atom. The summed E-state index contributed by atoms with van der Waals surface area (Å²) >= 11 is 0. The highest BCUT2D eigenvalue weighted by molar-refractivity contribution is 6.00. The van der Waals surface area contributed by atoms with Crippen LogP contribution in [-0.2, 0) is 25.5 Å². The second-order valence-electron chi connectivity index (χ2n) is 7.94. The lowest BCUT2D eigenvalue weighted by Crippen LogP contribution is -2.33. The van der Waals surface area contributed by atoms with Gasteiger partial charge in [0.15, 0.2) is 11.6 Å². The molecule has 1 N–H and O–H groups in total. The largest absolute Gasteiger partial charge is 0.462 e. The number of hydrogen-bond donors (Lipinski definition) is 1. The topological polar surface area (TPSA) is 77.5 Å². The number of carbonyl (C=O) groups is 2. The van der Waals surface area contributed by atoms with Crippen LogP contribution in [-0.4, -0.2) is 29.6 Å². The Hall–Kier alpha value is -3.55. The highest BCUT2D eigenvalue weighted by atomic mass is 19.2. The third-order valence-corrected chi connectivity index (χ3v) is 5.15. The number of dihydropyridines is 1. The first-order chi connectivity index (χ1) is 15.7. The molecule has 3 rings (SSSR count). The summed E-state index contributed by atoms with van der Waals surface area (Å²) in [7, 11) is 0. The SMILES string of the molecule is CC1=C(C(=O)OCCc2ccccn2)C(c2cccc(F)c2F)C(C(=O)OC(C)C)=C(C)N1. The van der Waals surface area contributed by atoms with Crippen LogP contribution in [0.2, 0.25) is 0 Å². The van der Waals surface area contributed by atoms with Gasteiger partial charge in [-0.2, -0.15) is 0 Å². The lowest BCUT2D eigenvalue weighted by Gasteiger charge is -2.31. The van der Waals surface area contributed by atoms with Gasteiger partial charge >= 0.3 is 11.9 Å². The highest BCUT2D eigenvalue weighted by Gasteiger charge is 2.40. The molecule has 1 aliphatic heterocycles. The van der Waals surface area contributed by atoms with Gasteiger partial charge in [0.1, 0.15) is 0 Å². The Bertz CT molecular complexity index is 1110. The minimum absolute atomic E-state index is 0.0156. The van der Waals surface area contributed by atoms with Gasteiger partial charge in [0.2, 0.25) is 0 Å². The monoisotopic (exact) mass is 456 g/mol. The van der Waals surface area contributed by atoms with Crippen molar-refractivity contribution in [3.63, 3.8) is 0 Å². The van der Waals surface area contributed by atoms with Crippen molar-refractivity contribution < 1.29 is 27.8 Å². The zero-order valence-electron chi connectivity index (χ0n) is 18.9. The van der Waals surface area contributed by atoms with Crippen molar-refractivity contribution in [2.45, 2.75) is 46.1 Å². The summed E-state index contributed by atoms with van der Waals surface area (Å²) < 4.78 is 39.8. The number of rotatable bonds is 7. The number of carbonyl (C=O) groups excluding carboxylic acids is 2. The van der Waals surface area contributed by atoms with E-state index in [9.17, 15) is 18.4 Å². The predicted molar refractivity (Wildman–Crippen MR) is 118 cm³/mol. The maximum absolute atomic E-state index is 14.9. The molecule has 2 aromatic rings. The summed E-state index contributed by atoms with van der Waals surface area (Å²) in [4.78, 5) is 30.3. The zero-order valence-corrected chi connectivity index (χ0v) is 18.9. The Balaban J connectivity index is 1.98. The molecule has 0 amide bonds. The van der Waals surface area contributed by atoms with E-state index in [1.165, 1.54) is 12.1 Å². The summed E-state index contributed by atoms with van der Waals surface area (Å²) in [6, 6.07) is 9.06. The quantitative estimate of drug-likeness (QED) is 0.625. The van der Waals surface area contributed by atoms with E-state index in [1.807, 2.05) is 6.07 Å². The van der Waals surface area contributed by atoms with Crippen molar-refractivity contribution in [3.8, 4) is 0 Å². The van der Waals surface area contributed by atoms with Crippen LogP contribution in [0.15, 0.2) is 65.1 Å². The summed E-state index contributed by atoms with van der Waals surface area (Å²) in [5.41, 5.74) is 1.39. The van der Waals surface area contributed by atoms with Crippen molar-refractivity contribution in [1.29, 1.82) is 0 Å². The minimum atomic E-state index is -1.20. The molecule has 1 aromatic heterocycles. The molecular weight excluding hydrogens is 430 g/mol. The maximum atomic E-state index is 14.9. The predicted octanol–water partition coefficient (Wildman–Crippen LogP) is 4.33. The van der Waals surface area contributed by atoms with E-state index in [4.69, 9.17) is 9.47 Å². The van der Waals surface area contributed by atoms with Gasteiger partial charge < -0.3 is 14.8 Å². The third kappa shape index (κ3) is 5.45. The molecule has 8 heteroatoms. The number of esters is 2. The average Bonchev–Trinajstić information content (AvgIpc) is 2.75. The molecule has 1 aromatic carbocycles. The fourth-order valence-electron chi connectivity index (χ4n) is 3.74. The Kier molecular flexibility index (Phi) is 7.58. The molecule has 6 nitrogen and oxygen atoms in total. The van der Waals surface area contributed by atoms with Crippen LogP contribution in [0.5, 0.6) is 0 Å². The standard InChI is InChI=1S/C25H26F2N2O4/c1-14(2)33-25(31)21-16(4)29-15(3)20(22(21)18-9-7-10-19(26)23(18)27)24(30)32-13-11-17-8-5-6-12-28-17/h5-10,12,14,22,29H,11,13H2,1-4H3. The number of nitrogens with zero attached hydrogens (tertiary/aromatic N) is 1. The van der Waals surface area contributed by atoms with Crippen molar-refractivity contribution in [1.82, 2.24) is 10.3 Å². The number of ether oxygens (including phenoxy) is 2. The highest BCUT2D eigenvalue weighted by Crippen LogP contribution is 2.40. The van der Waals surface area contributed by atoms with E-state index in [1.54, 1.807) is 46.0 Å². The molecule has 0 radical (unpaired) electrons. The summed E-state index contributed by atoms with van der Waals surface area (Å²) in [5.74, 6) is -4.89. The van der Waals surface area contributed by atoms with Crippen LogP contribution < -0.4 is 5.32 Å². The average molecular weight is 456 g/mol. The van der Waals surface area contributed by atoms with Crippen molar-refractivity contribution in [2.75, 3.05) is 6.61 Å². The fourth-order valence-corrected chi connectivity index (χ4v) is 3.74. The summed E-state index contributed by atoms with van der Waals surface area (Å²) in [5, 5.41) is 2.99. The molecule has 0 saturated heterocycles. The van der Waals surface area contributed by atoms with E-state index in [0.717, 1.165) is 11.8 Å². The molecule has 174 valence electrons. The fraction of sp³-hybridized carbons (Fsp3) is 0.320. The van der Waals surface area contributed by atoms with E-state index in [-0.39, 0.29) is 23.3 Å². The first kappa shape index (κ1) is 24.1. The van der Waals surface area contributed by atoms with Gasteiger partial charge in [-0.05, 0) is 45.9 Å². The number of benzene rings is 1. The van der Waals surface area contributed by atoms with Gasteiger partial charge in [-0.1, -0.05) is 18.2 Å². The number of nitrogens with one attached hydrogen (secondary N) is 1. The normalized spacial score (nSPS) is 16.0. The van der Waals surface area contributed by atoms with Crippen LogP contribution in [0.4, 0.5) is 8.78 Å². The second kappa shape index (κ2) is 10.4. The van der Waals surface area contributed by atoms with Crippen molar-refractivity contribution in [3.05, 3.63) is 88.0 Å². The van der Waals surface area contributed by atoms with Crippen molar-refractivity contribution in [2.24, 2.45) is 0 Å². The number of pyridine rings is 1. The molecule has 0 saturated carbocycles. The number of allylic oxidation sites excluding steroid dienone is 2. The van der Waals surface area contributed by atoms with E-state index in [2.05, 4.69) is 10.3 Å². The van der Waals surface area contributed by atoms with Gasteiger partial charge in [-0.3, -0.25) is 4.98 Å². The molecule has 1 atom stereocenters. The second-order valence-corrected chi connectivity index (χ2v) is 7.94. The molecule has 0 spiro atoms. The lowest BCUT2D eigenvalue weighted by atomic mass is 9.80. The first-order valence-electron chi connectivity index (χ1n) is 10.6. The van der Waals surface area contributed by atoms with E-state index < -0.39 is 35.6 Å². The first-order valence-corrected chi connectivity index (χ1v) is 10.6. The van der Waals surface area contributed by atoms with Crippen LogP contribution in [0.1, 0.15) is 44.9 Å². The summed E-state index contributed by atoms with van der Waals surface area (Å²) in [6.45, 7) is 6.62. The van der Waals surface area contributed by atoms with E-state index >= 15 is 0 Å². The van der Waals surface area contributed by atoms with Crippen LogP contribution in [0.25, 0.3) is 0 Å². The zero-order chi connectivity index (χ0) is 24.1. The molecule has 1 unspecified atom stereocenters. The third-order valence-electron chi connectivity index (χ3n) is 5.15. The van der Waals surface area contributed by atoms with Gasteiger partial charge in [0, 0.05) is 35.3 Å². The van der Waals surface area contributed by atoms with Gasteiger partial charge in [-0.25, -0.2) is 18.4 Å². The molecule has 2 heterocycles. The Morgan fingerprint density at radius 3 is 2.36 bits per heavy atom. The van der Waals surface area contributed by atoms with Gasteiger partial charge in [-0.15, -0.1) is 0 Å². The van der Waals surface area contributed by atoms with E-state index in [0.29, 0.717) is 17.8 Å². The maximum Gasteiger partial charge on any atom is 0.337 e. The molecular formula is C25H26F2N2O4. The van der Waals surface area contributed by atoms with Gasteiger partial charge in [0.25, 0.3) is 0 Å². The Morgan fingerprint density at radius 1 is 1.03 bits per heavy atom. The van der Waals surface area contributed by atoms with Gasteiger partial charge in [0.05, 0.1) is 29.8 Å². The lowest BCUT2D eigenvalue weighted by molar-refractivity contribution is -0.143. The molecule has 0 bridgehead atoms. The number of aromatic nitrogens is 1.